The van der Waals surface area contributed by atoms with Crippen LogP contribution in [0, 0.1) is 13.8 Å². The van der Waals surface area contributed by atoms with Crippen LogP contribution < -0.4 is 18.9 Å². The van der Waals surface area contributed by atoms with Gasteiger partial charge in [0.25, 0.3) is 0 Å². The van der Waals surface area contributed by atoms with Crippen molar-refractivity contribution < 1.29 is 23.7 Å². The maximum absolute atomic E-state index is 13.3. The van der Waals surface area contributed by atoms with E-state index < -0.39 is 11.5 Å². The second-order valence-corrected chi connectivity index (χ2v) is 9.60. The molecule has 0 atom stereocenters. The maximum Gasteiger partial charge on any atom is 0.345 e. The van der Waals surface area contributed by atoms with Crippen LogP contribution in [0.5, 0.6) is 23.1 Å². The van der Waals surface area contributed by atoms with Crippen LogP contribution in [-0.2, 0) is 5.54 Å². The third-order valence-electron chi connectivity index (χ3n) is 4.93. The first-order valence-electron chi connectivity index (χ1n) is 10.5. The zero-order valence-electron chi connectivity index (χ0n) is 20.3. The van der Waals surface area contributed by atoms with E-state index >= 15 is 0 Å². The van der Waals surface area contributed by atoms with Crippen molar-refractivity contribution in [2.75, 3.05) is 21.3 Å². The van der Waals surface area contributed by atoms with Crippen molar-refractivity contribution >= 4 is 17.7 Å². The average molecular weight is 471 g/mol. The monoisotopic (exact) mass is 470 g/mol. The number of carbonyl (C=O) groups excluding carboxylic acids is 1. The van der Waals surface area contributed by atoms with Crippen LogP contribution in [0.15, 0.2) is 46.2 Å². The Morgan fingerprint density at radius 1 is 0.939 bits per heavy atom. The summed E-state index contributed by atoms with van der Waals surface area (Å²) in [6, 6.07) is 11.3. The minimum atomic E-state index is -0.551. The third kappa shape index (κ3) is 5.27. The zero-order valence-corrected chi connectivity index (χ0v) is 21.1. The second kappa shape index (κ2) is 9.79. The normalized spacial score (nSPS) is 11.3. The lowest BCUT2D eigenvalue weighted by molar-refractivity contribution is 0.0703. The fourth-order valence-corrected chi connectivity index (χ4v) is 4.14. The third-order valence-corrected chi connectivity index (χ3v) is 6.11. The van der Waals surface area contributed by atoms with Crippen molar-refractivity contribution in [2.45, 2.75) is 49.9 Å². The molecular weight excluding hydrogens is 440 g/mol. The number of ether oxygens (including phenoxy) is 4. The van der Waals surface area contributed by atoms with Gasteiger partial charge in [0.1, 0.15) is 0 Å². The Morgan fingerprint density at radius 2 is 1.52 bits per heavy atom. The van der Waals surface area contributed by atoms with Crippen LogP contribution in [0.4, 0.5) is 0 Å². The number of carbonyl (C=O) groups is 1. The van der Waals surface area contributed by atoms with E-state index in [1.165, 1.54) is 38.7 Å². The first-order valence-corrected chi connectivity index (χ1v) is 11.3. The average Bonchev–Trinajstić information content (AvgIpc) is 3.09. The van der Waals surface area contributed by atoms with Crippen LogP contribution in [0.2, 0.25) is 0 Å². The lowest BCUT2D eigenvalue weighted by atomic mass is 10.1. The number of hydrogen-bond acceptors (Lipinski definition) is 7. The molecular formula is C25H30N2O5S. The topological polar surface area (TPSA) is 71.8 Å². The van der Waals surface area contributed by atoms with Gasteiger partial charge in [-0.15, -0.1) is 0 Å². The summed E-state index contributed by atoms with van der Waals surface area (Å²) in [6.45, 7) is 9.99. The van der Waals surface area contributed by atoms with Crippen molar-refractivity contribution in [1.82, 2.24) is 9.78 Å². The number of aryl methyl sites for hydroxylation is 2. The van der Waals surface area contributed by atoms with Gasteiger partial charge in [0.05, 0.1) is 43.0 Å². The van der Waals surface area contributed by atoms with E-state index in [0.717, 1.165) is 15.5 Å². The highest BCUT2D eigenvalue weighted by Gasteiger charge is 2.28. The molecule has 3 aromatic rings. The molecule has 0 N–H and O–H groups in total. The van der Waals surface area contributed by atoms with Crippen molar-refractivity contribution in [1.29, 1.82) is 0 Å². The Bertz CT molecular complexity index is 1120. The number of hydrogen-bond donors (Lipinski definition) is 0. The molecule has 3 rings (SSSR count). The highest BCUT2D eigenvalue weighted by atomic mass is 32.2. The van der Waals surface area contributed by atoms with Gasteiger partial charge >= 0.3 is 5.97 Å². The molecule has 176 valence electrons. The fraction of sp³-hybridized carbons (Fsp3) is 0.360. The van der Waals surface area contributed by atoms with Gasteiger partial charge in [-0.25, -0.2) is 9.48 Å². The first-order chi connectivity index (χ1) is 15.6. The summed E-state index contributed by atoms with van der Waals surface area (Å²) in [5, 5.41) is 4.69. The van der Waals surface area contributed by atoms with Crippen molar-refractivity contribution in [2.24, 2.45) is 0 Å². The van der Waals surface area contributed by atoms with Crippen molar-refractivity contribution in [3.63, 3.8) is 0 Å². The number of esters is 1. The molecule has 0 aliphatic heterocycles. The minimum Gasteiger partial charge on any atom is -0.493 e. The lowest BCUT2D eigenvalue weighted by Gasteiger charge is -2.22. The molecule has 33 heavy (non-hydrogen) atoms. The minimum absolute atomic E-state index is 0.273. The van der Waals surface area contributed by atoms with Gasteiger partial charge in [-0.1, -0.05) is 29.5 Å². The van der Waals surface area contributed by atoms with E-state index in [-0.39, 0.29) is 5.56 Å². The van der Waals surface area contributed by atoms with E-state index in [1.807, 2.05) is 58.9 Å². The summed E-state index contributed by atoms with van der Waals surface area (Å²) in [7, 11) is 4.51. The summed E-state index contributed by atoms with van der Waals surface area (Å²) in [5.41, 5.74) is 1.83. The lowest BCUT2D eigenvalue weighted by Crippen LogP contribution is -2.25. The second-order valence-electron chi connectivity index (χ2n) is 8.52. The van der Waals surface area contributed by atoms with Gasteiger partial charge in [0.2, 0.25) is 11.6 Å². The standard InChI is InChI=1S/C25H30N2O5S/c1-15-9-11-18(12-10-15)33-22-16(2)26-27(25(3,4)5)23(22)32-24(28)17-13-19(29-6)21(31-8)20(14-17)30-7/h9-14H,1-8H3. The summed E-state index contributed by atoms with van der Waals surface area (Å²) in [4.78, 5) is 15.1. The predicted molar refractivity (Wildman–Crippen MR) is 128 cm³/mol. The molecule has 1 heterocycles. The van der Waals surface area contributed by atoms with E-state index in [1.54, 1.807) is 16.8 Å². The Balaban J connectivity index is 2.05. The smallest absolute Gasteiger partial charge is 0.345 e. The van der Waals surface area contributed by atoms with Gasteiger partial charge < -0.3 is 18.9 Å². The summed E-state index contributed by atoms with van der Waals surface area (Å²) in [6.07, 6.45) is 0. The molecule has 0 aliphatic rings. The van der Waals surface area contributed by atoms with Gasteiger partial charge in [-0.3, -0.25) is 0 Å². The molecule has 0 aliphatic carbocycles. The largest absolute Gasteiger partial charge is 0.493 e. The predicted octanol–water partition coefficient (Wildman–Crippen LogP) is 5.65. The molecule has 0 unspecified atom stereocenters. The van der Waals surface area contributed by atoms with E-state index in [0.29, 0.717) is 23.1 Å². The summed E-state index contributed by atoms with van der Waals surface area (Å²) < 4.78 is 23.8. The Labute approximate surface area is 199 Å². The van der Waals surface area contributed by atoms with E-state index in [9.17, 15) is 4.79 Å². The van der Waals surface area contributed by atoms with Crippen LogP contribution in [-0.4, -0.2) is 37.1 Å². The Morgan fingerprint density at radius 3 is 2.00 bits per heavy atom. The highest BCUT2D eigenvalue weighted by molar-refractivity contribution is 7.99. The summed E-state index contributed by atoms with van der Waals surface area (Å²) in [5.74, 6) is 0.995. The van der Waals surface area contributed by atoms with Gasteiger partial charge in [0, 0.05) is 4.90 Å². The molecule has 0 spiro atoms. The van der Waals surface area contributed by atoms with Crippen molar-refractivity contribution in [3.8, 4) is 23.1 Å². The molecule has 0 amide bonds. The highest BCUT2D eigenvalue weighted by Crippen LogP contribution is 2.42. The molecule has 0 saturated heterocycles. The number of methoxy groups -OCH3 is 3. The van der Waals surface area contributed by atoms with Crippen molar-refractivity contribution in [3.05, 3.63) is 53.2 Å². The molecule has 7 nitrogen and oxygen atoms in total. The molecule has 0 saturated carbocycles. The van der Waals surface area contributed by atoms with Crippen LogP contribution in [0.25, 0.3) is 0 Å². The molecule has 0 radical (unpaired) electrons. The van der Waals surface area contributed by atoms with E-state index in [2.05, 4.69) is 5.10 Å². The SMILES string of the molecule is COc1cc(C(=O)Oc2c(Sc3ccc(C)cc3)c(C)nn2C(C)(C)C)cc(OC)c1OC. The number of nitrogens with zero attached hydrogens (tertiary/aromatic N) is 2. The molecule has 2 aromatic carbocycles. The van der Waals surface area contributed by atoms with Crippen LogP contribution in [0.1, 0.15) is 42.4 Å². The first kappa shape index (κ1) is 24.5. The van der Waals surface area contributed by atoms with Crippen LogP contribution in [0.3, 0.4) is 0 Å². The molecule has 0 bridgehead atoms. The maximum atomic E-state index is 13.3. The zero-order chi connectivity index (χ0) is 24.3. The fourth-order valence-electron chi connectivity index (χ4n) is 3.22. The molecule has 0 fully saturated rings. The van der Waals surface area contributed by atoms with E-state index in [4.69, 9.17) is 18.9 Å². The quantitative estimate of drug-likeness (QED) is 0.413. The summed E-state index contributed by atoms with van der Waals surface area (Å²) >= 11 is 1.52. The Kier molecular flexibility index (Phi) is 7.27. The molecule has 8 heteroatoms. The molecule has 1 aromatic heterocycles. The van der Waals surface area contributed by atoms with Gasteiger partial charge in [-0.2, -0.15) is 5.10 Å². The number of rotatable bonds is 7. The Hall–Kier alpha value is -3.13. The van der Waals surface area contributed by atoms with Gasteiger partial charge in [-0.05, 0) is 58.9 Å². The van der Waals surface area contributed by atoms with Crippen LogP contribution >= 0.6 is 11.8 Å². The number of benzene rings is 2. The van der Waals surface area contributed by atoms with Gasteiger partial charge in [0.15, 0.2) is 11.5 Å². The number of aromatic nitrogens is 2.